The fourth-order valence-electron chi connectivity index (χ4n) is 5.97. The minimum absolute atomic E-state index is 0.000349. The first-order valence-electron chi connectivity index (χ1n) is 22.8. The minimum Gasteiger partial charge on any atom is -0.544 e. The molecule has 0 aromatic heterocycles. The van der Waals surface area contributed by atoms with Gasteiger partial charge in [-0.2, -0.15) is 0 Å². The van der Waals surface area contributed by atoms with Crippen LogP contribution in [0.1, 0.15) is 155 Å². The van der Waals surface area contributed by atoms with Crippen LogP contribution in [0.3, 0.4) is 0 Å². The summed E-state index contributed by atoms with van der Waals surface area (Å²) in [6.45, 7) is 4.41. The van der Waals surface area contributed by atoms with Gasteiger partial charge in [-0.25, -0.2) is 0 Å². The second-order valence-corrected chi connectivity index (χ2v) is 15.9. The lowest BCUT2D eigenvalue weighted by Crippen LogP contribution is -2.55. The predicted octanol–water partition coefficient (Wildman–Crippen LogP) is 11.4. The molecule has 0 spiro atoms. The van der Waals surface area contributed by atoms with Crippen molar-refractivity contribution in [3.8, 4) is 0 Å². The number of carbonyl (C=O) groups is 3. The van der Waals surface area contributed by atoms with Crippen LogP contribution in [0.25, 0.3) is 0 Å². The van der Waals surface area contributed by atoms with Crippen LogP contribution in [0, 0.1) is 0 Å². The molecule has 2 unspecified atom stereocenters. The molecule has 0 aliphatic heterocycles. The van der Waals surface area contributed by atoms with Crippen molar-refractivity contribution in [1.82, 2.24) is 0 Å². The number of likely N-dealkylation sites (N-methyl/N-ethyl adjacent to an activating group) is 1. The number of esters is 2. The number of carbonyl (C=O) groups excluding carboxylic acids is 3. The summed E-state index contributed by atoms with van der Waals surface area (Å²) in [5.41, 5.74) is 0. The highest BCUT2D eigenvalue weighted by molar-refractivity contribution is 5.70. The maximum absolute atomic E-state index is 12.7. The van der Waals surface area contributed by atoms with Gasteiger partial charge in [0.15, 0.2) is 6.10 Å². The number of rotatable bonds is 39. The Kier molecular flexibility index (Phi) is 38.4. The summed E-state index contributed by atoms with van der Waals surface area (Å²) in [6, 6.07) is -0.747. The van der Waals surface area contributed by atoms with Gasteiger partial charge in [-0.05, 0) is 77.0 Å². The van der Waals surface area contributed by atoms with E-state index in [4.69, 9.17) is 14.2 Å². The topological polar surface area (TPSA) is 102 Å². The SMILES string of the molecule is CC/C=C/C/C=C/C/C=C/C/C=C/C/C=C/C/C=C/CCC(=O)OCC(COCCC(C(=O)[O-])[N+](C)(C)C)OC(=O)CCCCC/C=C/C=C/CCCCCCCCC. The molecule has 0 radical (unpaired) electrons. The lowest BCUT2D eigenvalue weighted by atomic mass is 10.1. The molecule has 0 rings (SSSR count). The fourth-order valence-corrected chi connectivity index (χ4v) is 5.97. The third-order valence-corrected chi connectivity index (χ3v) is 9.50. The van der Waals surface area contributed by atoms with Gasteiger partial charge in [-0.3, -0.25) is 9.59 Å². The zero-order valence-electron chi connectivity index (χ0n) is 37.9. The third-order valence-electron chi connectivity index (χ3n) is 9.50. The number of allylic oxidation sites excluding steroid dienone is 16. The van der Waals surface area contributed by atoms with Crippen LogP contribution in [-0.2, 0) is 28.6 Å². The molecule has 0 N–H and O–H groups in total. The maximum atomic E-state index is 12.7. The third kappa shape index (κ3) is 39.5. The Balaban J connectivity index is 4.52. The highest BCUT2D eigenvalue weighted by Gasteiger charge is 2.25. The Morgan fingerprint density at radius 1 is 0.542 bits per heavy atom. The highest BCUT2D eigenvalue weighted by Crippen LogP contribution is 2.11. The Bertz CT molecular complexity index is 1280. The summed E-state index contributed by atoms with van der Waals surface area (Å²) in [4.78, 5) is 36.8. The van der Waals surface area contributed by atoms with E-state index < -0.39 is 18.1 Å². The summed E-state index contributed by atoms with van der Waals surface area (Å²) < 4.78 is 17.1. The molecule has 0 saturated carbocycles. The molecule has 0 aromatic carbocycles. The Hall–Kier alpha value is -3.75. The van der Waals surface area contributed by atoms with E-state index in [1.54, 1.807) is 21.1 Å². The molecule has 0 aliphatic rings. The first kappa shape index (κ1) is 55.2. The first-order chi connectivity index (χ1) is 28.6. The van der Waals surface area contributed by atoms with Crippen LogP contribution < -0.4 is 5.11 Å². The zero-order chi connectivity index (χ0) is 43.5. The van der Waals surface area contributed by atoms with E-state index in [1.165, 1.54) is 44.9 Å². The molecule has 0 saturated heterocycles. The molecule has 0 bridgehead atoms. The molecular weight excluding hydrogens is 739 g/mol. The Labute approximate surface area is 360 Å². The van der Waals surface area contributed by atoms with E-state index in [9.17, 15) is 19.5 Å². The average molecular weight is 822 g/mol. The molecule has 8 nitrogen and oxygen atoms in total. The van der Waals surface area contributed by atoms with Gasteiger partial charge >= 0.3 is 11.9 Å². The quantitative estimate of drug-likeness (QED) is 0.0200. The number of unbranched alkanes of at least 4 members (excludes halogenated alkanes) is 10. The standard InChI is InChI=1S/C51H83NO7/c1-6-8-10-12-14-16-18-20-22-24-25-26-28-29-31-33-35-37-39-41-49(53)58-46-47(45-57-44-43-48(51(55)56)52(3,4)5)59-50(54)42-40-38-36-34-32-30-27-23-21-19-17-15-13-11-9-7-2/h8,10,14,16,20,22-23,25-27,29-32,35,37,47-48H,6-7,9,11-13,15,17-19,21,24,28,33-34,36,38-46H2,1-5H3/b10-8+,16-14+,22-20+,26-25+,27-23+,31-29+,32-30+,37-35+. The molecule has 59 heavy (non-hydrogen) atoms. The predicted molar refractivity (Wildman–Crippen MR) is 245 cm³/mol. The molecule has 0 amide bonds. The van der Waals surface area contributed by atoms with E-state index in [0.29, 0.717) is 12.8 Å². The first-order valence-corrected chi connectivity index (χ1v) is 22.8. The average Bonchev–Trinajstić information content (AvgIpc) is 3.19. The Morgan fingerprint density at radius 2 is 1.03 bits per heavy atom. The van der Waals surface area contributed by atoms with E-state index in [-0.39, 0.29) is 55.5 Å². The number of hydrogen-bond donors (Lipinski definition) is 0. The van der Waals surface area contributed by atoms with Gasteiger partial charge in [0.25, 0.3) is 0 Å². The largest absolute Gasteiger partial charge is 0.544 e. The Morgan fingerprint density at radius 3 is 1.54 bits per heavy atom. The fraction of sp³-hybridized carbons (Fsp3) is 0.627. The van der Waals surface area contributed by atoms with E-state index in [0.717, 1.165) is 64.2 Å². The van der Waals surface area contributed by atoms with E-state index in [2.05, 4.69) is 98.9 Å². The number of aliphatic carboxylic acids is 1. The molecule has 0 fully saturated rings. The number of carboxylic acids is 1. The molecule has 8 heteroatoms. The normalized spacial score (nSPS) is 13.8. The maximum Gasteiger partial charge on any atom is 0.306 e. The summed E-state index contributed by atoms with van der Waals surface area (Å²) >= 11 is 0. The molecule has 2 atom stereocenters. The van der Waals surface area contributed by atoms with Crippen molar-refractivity contribution in [1.29, 1.82) is 0 Å². The van der Waals surface area contributed by atoms with Crippen LogP contribution >= 0.6 is 0 Å². The summed E-state index contributed by atoms with van der Waals surface area (Å²) in [7, 11) is 5.37. The molecular formula is C51H83NO7. The number of ether oxygens (including phenoxy) is 3. The molecule has 0 aliphatic carbocycles. The van der Waals surface area contributed by atoms with Crippen molar-refractivity contribution in [2.75, 3.05) is 41.0 Å². The number of carboxylic acid groups (broad SMARTS) is 1. The second kappa shape index (κ2) is 41.0. The molecule has 0 aromatic rings. The zero-order valence-corrected chi connectivity index (χ0v) is 37.9. The van der Waals surface area contributed by atoms with Gasteiger partial charge < -0.3 is 28.6 Å². The lowest BCUT2D eigenvalue weighted by Gasteiger charge is -2.34. The summed E-state index contributed by atoms with van der Waals surface area (Å²) in [6.07, 6.45) is 54.5. The van der Waals surface area contributed by atoms with Crippen LogP contribution in [0.4, 0.5) is 0 Å². The van der Waals surface area contributed by atoms with Crippen molar-refractivity contribution in [3.63, 3.8) is 0 Å². The highest BCUT2D eigenvalue weighted by atomic mass is 16.6. The van der Waals surface area contributed by atoms with Gasteiger partial charge in [0.2, 0.25) is 0 Å². The van der Waals surface area contributed by atoms with Crippen LogP contribution in [0.2, 0.25) is 0 Å². The van der Waals surface area contributed by atoms with Gasteiger partial charge in [0.1, 0.15) is 12.6 Å². The number of quaternary nitrogens is 1. The molecule has 334 valence electrons. The lowest BCUT2D eigenvalue weighted by molar-refractivity contribution is -0.889. The monoisotopic (exact) mass is 822 g/mol. The minimum atomic E-state index is -1.14. The van der Waals surface area contributed by atoms with Crippen LogP contribution in [-0.4, -0.2) is 75.5 Å². The van der Waals surface area contributed by atoms with Crippen molar-refractivity contribution in [2.24, 2.45) is 0 Å². The van der Waals surface area contributed by atoms with Crippen molar-refractivity contribution in [3.05, 3.63) is 97.2 Å². The van der Waals surface area contributed by atoms with Crippen LogP contribution in [0.15, 0.2) is 97.2 Å². The van der Waals surface area contributed by atoms with Crippen molar-refractivity contribution in [2.45, 2.75) is 167 Å². The van der Waals surface area contributed by atoms with Crippen molar-refractivity contribution < 1.29 is 38.2 Å². The van der Waals surface area contributed by atoms with E-state index >= 15 is 0 Å². The van der Waals surface area contributed by atoms with Gasteiger partial charge in [0.05, 0.1) is 40.3 Å². The van der Waals surface area contributed by atoms with Gasteiger partial charge in [0, 0.05) is 19.3 Å². The van der Waals surface area contributed by atoms with Gasteiger partial charge in [-0.15, -0.1) is 0 Å². The smallest absolute Gasteiger partial charge is 0.306 e. The number of hydrogen-bond acceptors (Lipinski definition) is 7. The van der Waals surface area contributed by atoms with Crippen LogP contribution in [0.5, 0.6) is 0 Å². The summed E-state index contributed by atoms with van der Waals surface area (Å²) in [5.74, 6) is -1.89. The van der Waals surface area contributed by atoms with E-state index in [1.807, 2.05) is 12.2 Å². The number of nitrogens with zero attached hydrogens (tertiary/aromatic N) is 1. The second-order valence-electron chi connectivity index (χ2n) is 15.9. The van der Waals surface area contributed by atoms with Gasteiger partial charge in [-0.1, -0.05) is 156 Å². The molecule has 0 heterocycles. The summed E-state index contributed by atoms with van der Waals surface area (Å²) in [5, 5.41) is 11.6. The van der Waals surface area contributed by atoms with Crippen molar-refractivity contribution >= 4 is 17.9 Å².